The second kappa shape index (κ2) is 7.79. The van der Waals surface area contributed by atoms with Crippen LogP contribution in [0.1, 0.15) is 19.4 Å². The average Bonchev–Trinajstić information content (AvgIpc) is 2.40. The van der Waals surface area contributed by atoms with E-state index in [1.807, 2.05) is 0 Å². The van der Waals surface area contributed by atoms with Crippen LogP contribution in [0.3, 0.4) is 0 Å². The molecule has 2 aromatic rings. The average molecular weight is 381 g/mol. The van der Waals surface area contributed by atoms with Crippen LogP contribution >= 0.6 is 0 Å². The Kier molecular flexibility index (Phi) is 6.69. The maximum atomic E-state index is 2.34. The van der Waals surface area contributed by atoms with Crippen molar-refractivity contribution in [2.45, 2.75) is 20.4 Å². The first kappa shape index (κ1) is 17.2. The van der Waals surface area contributed by atoms with Crippen molar-refractivity contribution in [2.75, 3.05) is 13.6 Å². The van der Waals surface area contributed by atoms with Gasteiger partial charge < -0.3 is 24.0 Å². The first-order chi connectivity index (χ1) is 9.10. The first-order valence-corrected chi connectivity index (χ1v) is 7.04. The number of halogens is 1. The summed E-state index contributed by atoms with van der Waals surface area (Å²) in [4.78, 5) is 0. The molecule has 0 saturated heterocycles. The monoisotopic (exact) mass is 381 g/mol. The second-order valence-corrected chi connectivity index (χ2v) is 5.95. The fourth-order valence-electron chi connectivity index (χ4n) is 2.84. The van der Waals surface area contributed by atoms with Crippen LogP contribution in [-0.2, 0) is 6.54 Å². The van der Waals surface area contributed by atoms with Gasteiger partial charge in [0.2, 0.25) is 0 Å². The van der Waals surface area contributed by atoms with Crippen molar-refractivity contribution in [3.05, 3.63) is 66.2 Å². The van der Waals surface area contributed by atoms with Crippen molar-refractivity contribution >= 4 is 5.69 Å². The molecule has 0 aliphatic rings. The lowest BCUT2D eigenvalue weighted by Crippen LogP contribution is -3.00. The van der Waals surface area contributed by atoms with Crippen LogP contribution < -0.4 is 28.5 Å². The number of hydrogen-bond acceptors (Lipinski definition) is 0. The molecule has 1 atom stereocenters. The predicted molar refractivity (Wildman–Crippen MR) is 84.0 cm³/mol. The summed E-state index contributed by atoms with van der Waals surface area (Å²) in [6, 6.07) is 21.6. The quantitative estimate of drug-likeness (QED) is 0.544. The predicted octanol–water partition coefficient (Wildman–Crippen LogP) is 1.48. The standard InChI is InChI=1S/C18H24N.HI/c1-16(2)14-19(3,18-12-8-5-9-13-18)15-17-10-6-4-7-11-17;/h4-13,16H,14-15H2,1-3H3;1H/q+1;/p-1/t19-;/m0./s1. The van der Waals surface area contributed by atoms with Gasteiger partial charge in [0.15, 0.2) is 0 Å². The number of benzene rings is 2. The van der Waals surface area contributed by atoms with E-state index in [-0.39, 0.29) is 24.0 Å². The van der Waals surface area contributed by atoms with E-state index in [0.717, 1.165) is 17.6 Å². The summed E-state index contributed by atoms with van der Waals surface area (Å²) in [5.74, 6) is 0.675. The van der Waals surface area contributed by atoms with Crippen LogP contribution in [0.25, 0.3) is 0 Å². The molecule has 0 amide bonds. The lowest BCUT2D eigenvalue weighted by molar-refractivity contribution is -0.00000438. The molecule has 108 valence electrons. The summed E-state index contributed by atoms with van der Waals surface area (Å²) in [5.41, 5.74) is 2.79. The molecule has 2 heteroatoms. The summed E-state index contributed by atoms with van der Waals surface area (Å²) in [6.07, 6.45) is 0. The third-order valence-electron chi connectivity index (χ3n) is 3.52. The molecule has 0 spiro atoms. The lowest BCUT2D eigenvalue weighted by atomic mass is 10.1. The van der Waals surface area contributed by atoms with Crippen molar-refractivity contribution in [1.82, 2.24) is 4.48 Å². The Labute approximate surface area is 140 Å². The van der Waals surface area contributed by atoms with Gasteiger partial charge in [0, 0.05) is 11.5 Å². The number of hydrogen-bond donors (Lipinski definition) is 0. The largest absolute Gasteiger partial charge is 1.00 e. The fraction of sp³-hybridized carbons (Fsp3) is 0.333. The van der Waals surface area contributed by atoms with Crippen molar-refractivity contribution in [2.24, 2.45) is 5.92 Å². The molecule has 0 aliphatic heterocycles. The highest BCUT2D eigenvalue weighted by Crippen LogP contribution is 2.25. The van der Waals surface area contributed by atoms with Gasteiger partial charge in [0.25, 0.3) is 0 Å². The minimum atomic E-state index is 0. The van der Waals surface area contributed by atoms with E-state index in [1.165, 1.54) is 11.3 Å². The van der Waals surface area contributed by atoms with Crippen LogP contribution in [-0.4, -0.2) is 13.6 Å². The summed E-state index contributed by atoms with van der Waals surface area (Å²) >= 11 is 0. The van der Waals surface area contributed by atoms with Gasteiger partial charge in [-0.3, -0.25) is 4.48 Å². The molecule has 0 bridgehead atoms. The third kappa shape index (κ3) is 4.60. The van der Waals surface area contributed by atoms with Crippen molar-refractivity contribution in [3.63, 3.8) is 0 Å². The Morgan fingerprint density at radius 3 is 1.85 bits per heavy atom. The molecular formula is C18H24IN. The highest BCUT2D eigenvalue weighted by Gasteiger charge is 2.26. The van der Waals surface area contributed by atoms with E-state index in [2.05, 4.69) is 81.6 Å². The Balaban J connectivity index is 0.00000200. The van der Waals surface area contributed by atoms with Crippen LogP contribution in [0.2, 0.25) is 0 Å². The lowest BCUT2D eigenvalue weighted by Gasteiger charge is -2.35. The Morgan fingerprint density at radius 1 is 0.850 bits per heavy atom. The zero-order chi connectivity index (χ0) is 13.7. The van der Waals surface area contributed by atoms with E-state index in [9.17, 15) is 0 Å². The van der Waals surface area contributed by atoms with E-state index in [0.29, 0.717) is 5.92 Å². The first-order valence-electron chi connectivity index (χ1n) is 7.04. The number of nitrogens with zero attached hydrogens (tertiary/aromatic N) is 1. The van der Waals surface area contributed by atoms with Gasteiger partial charge in [-0.2, -0.15) is 0 Å². The van der Waals surface area contributed by atoms with E-state index in [1.54, 1.807) is 0 Å². The van der Waals surface area contributed by atoms with E-state index in [4.69, 9.17) is 0 Å². The number of quaternary nitrogens is 1. The topological polar surface area (TPSA) is 0 Å². The van der Waals surface area contributed by atoms with Gasteiger partial charge in [-0.25, -0.2) is 0 Å². The van der Waals surface area contributed by atoms with Gasteiger partial charge in [0.1, 0.15) is 12.2 Å². The smallest absolute Gasteiger partial charge is 0.132 e. The van der Waals surface area contributed by atoms with Gasteiger partial charge in [-0.1, -0.05) is 62.4 Å². The van der Waals surface area contributed by atoms with Crippen LogP contribution in [0.4, 0.5) is 5.69 Å². The van der Waals surface area contributed by atoms with E-state index < -0.39 is 0 Å². The third-order valence-corrected chi connectivity index (χ3v) is 3.52. The Morgan fingerprint density at radius 2 is 1.35 bits per heavy atom. The molecule has 2 rings (SSSR count). The molecule has 0 fully saturated rings. The molecule has 0 heterocycles. The fourth-order valence-corrected chi connectivity index (χ4v) is 2.84. The molecule has 1 nitrogen and oxygen atoms in total. The maximum Gasteiger partial charge on any atom is 0.132 e. The highest BCUT2D eigenvalue weighted by molar-refractivity contribution is 5.42. The van der Waals surface area contributed by atoms with Crippen molar-refractivity contribution in [1.29, 1.82) is 0 Å². The molecule has 2 aromatic carbocycles. The summed E-state index contributed by atoms with van der Waals surface area (Å²) < 4.78 is 0.961. The molecular weight excluding hydrogens is 357 g/mol. The molecule has 0 aliphatic carbocycles. The molecule has 0 aromatic heterocycles. The molecule has 20 heavy (non-hydrogen) atoms. The summed E-state index contributed by atoms with van der Waals surface area (Å²) in [5, 5.41) is 0. The van der Waals surface area contributed by atoms with Crippen molar-refractivity contribution < 1.29 is 24.0 Å². The van der Waals surface area contributed by atoms with Gasteiger partial charge in [-0.15, -0.1) is 0 Å². The second-order valence-electron chi connectivity index (χ2n) is 5.95. The number of para-hydroxylation sites is 1. The van der Waals surface area contributed by atoms with Gasteiger partial charge in [-0.05, 0) is 12.1 Å². The van der Waals surface area contributed by atoms with Crippen LogP contribution in [0.15, 0.2) is 60.7 Å². The van der Waals surface area contributed by atoms with Gasteiger partial charge >= 0.3 is 0 Å². The SMILES string of the molecule is CC(C)C[N@@+](C)(Cc1ccccc1)c1ccccc1.[I-]. The summed E-state index contributed by atoms with van der Waals surface area (Å²) in [6.45, 7) is 6.79. The summed E-state index contributed by atoms with van der Waals surface area (Å²) in [7, 11) is 2.34. The van der Waals surface area contributed by atoms with Crippen molar-refractivity contribution in [3.8, 4) is 0 Å². The van der Waals surface area contributed by atoms with Crippen LogP contribution in [0.5, 0.6) is 0 Å². The maximum absolute atomic E-state index is 2.34. The zero-order valence-corrected chi connectivity index (χ0v) is 14.7. The minimum absolute atomic E-state index is 0. The number of rotatable bonds is 5. The Bertz CT molecular complexity index is 495. The molecule has 0 radical (unpaired) electrons. The Hall–Kier alpha value is -0.870. The highest BCUT2D eigenvalue weighted by atomic mass is 127. The minimum Gasteiger partial charge on any atom is -1.00 e. The van der Waals surface area contributed by atoms with E-state index >= 15 is 0 Å². The normalized spacial score (nSPS) is 13.6. The van der Waals surface area contributed by atoms with Gasteiger partial charge in [0.05, 0.1) is 13.6 Å². The van der Waals surface area contributed by atoms with Crippen LogP contribution in [0, 0.1) is 5.92 Å². The molecule has 0 N–H and O–H groups in total. The zero-order valence-electron chi connectivity index (χ0n) is 12.6. The molecule has 0 saturated carbocycles. The molecule has 0 unspecified atom stereocenters.